The van der Waals surface area contributed by atoms with Gasteiger partial charge in [-0.25, -0.2) is 9.36 Å². The molecular weight excluding hydrogens is 479 g/mol. The number of ether oxygens (including phenoxy) is 4. The summed E-state index contributed by atoms with van der Waals surface area (Å²) in [6, 6.07) is 0. The molecule has 1 aliphatic rings. The molecule has 1 fully saturated rings. The maximum atomic E-state index is 13.7. The number of esters is 2. The van der Waals surface area contributed by atoms with Gasteiger partial charge >= 0.3 is 23.8 Å². The molecular formula is C20H26F3N5O7. The third-order valence-corrected chi connectivity index (χ3v) is 5.34. The Balaban J connectivity index is 2.19. The molecule has 3 rings (SSSR count). The molecule has 1 saturated heterocycles. The van der Waals surface area contributed by atoms with Crippen molar-refractivity contribution in [3.05, 3.63) is 10.5 Å². The van der Waals surface area contributed by atoms with Crippen LogP contribution in [0, 0.1) is 0 Å². The summed E-state index contributed by atoms with van der Waals surface area (Å²) >= 11 is 0. The Morgan fingerprint density at radius 3 is 2.49 bits per heavy atom. The second kappa shape index (κ2) is 10.1. The topological polar surface area (TPSA) is 150 Å². The fourth-order valence-corrected chi connectivity index (χ4v) is 4.00. The summed E-state index contributed by atoms with van der Waals surface area (Å²) in [4.78, 5) is 44.6. The molecule has 0 unspecified atom stereocenters. The Hall–Kier alpha value is -3.36. The van der Waals surface area contributed by atoms with Gasteiger partial charge in [0.05, 0.1) is 7.11 Å². The van der Waals surface area contributed by atoms with E-state index in [4.69, 9.17) is 19.9 Å². The van der Waals surface area contributed by atoms with Gasteiger partial charge in [0.1, 0.15) is 12.2 Å². The summed E-state index contributed by atoms with van der Waals surface area (Å²) in [5.74, 6) is -2.27. The van der Waals surface area contributed by atoms with Crippen LogP contribution in [-0.4, -0.2) is 62.6 Å². The van der Waals surface area contributed by atoms with E-state index in [0.29, 0.717) is 6.42 Å². The third-order valence-electron chi connectivity index (χ3n) is 5.34. The van der Waals surface area contributed by atoms with Gasteiger partial charge in [0, 0.05) is 26.8 Å². The Morgan fingerprint density at radius 1 is 1.26 bits per heavy atom. The number of halogens is 3. The minimum Gasteiger partial charge on any atom is -0.479 e. The summed E-state index contributed by atoms with van der Waals surface area (Å²) < 4.78 is 63.9. The summed E-state index contributed by atoms with van der Waals surface area (Å²) in [5, 5.41) is 0. The molecule has 0 saturated carbocycles. The van der Waals surface area contributed by atoms with Crippen molar-refractivity contribution in [2.75, 3.05) is 12.8 Å². The van der Waals surface area contributed by atoms with Crippen molar-refractivity contribution in [3.8, 4) is 5.88 Å². The highest BCUT2D eigenvalue weighted by atomic mass is 19.4. The molecule has 0 aliphatic carbocycles. The van der Waals surface area contributed by atoms with Gasteiger partial charge in [-0.2, -0.15) is 23.1 Å². The number of hydrogen-bond acceptors (Lipinski definition) is 10. The number of anilines is 1. The lowest BCUT2D eigenvalue weighted by Gasteiger charge is -2.25. The van der Waals surface area contributed by atoms with E-state index in [2.05, 4.69) is 14.7 Å². The Kier molecular flexibility index (Phi) is 7.57. The number of carbonyl (C=O) groups excluding carboxylic acids is 2. The fourth-order valence-electron chi connectivity index (χ4n) is 4.00. The van der Waals surface area contributed by atoms with Crippen molar-refractivity contribution in [3.63, 3.8) is 0 Å². The second-order valence-electron chi connectivity index (χ2n) is 7.94. The standard InChI is InChI=1S/C20H26F3N5O7/c1-5-6-7-27-13-15(25-18(24)26-16(13)32-4)28(19(27)31)17-12(33-9(2)29)8-11(35-17)14(20(21,22)23)34-10(3)30/h11-12,14,17H,5-8H2,1-4H3,(H2,24,25,26)/t11-,12+,14+,17+/m0/s1. The lowest BCUT2D eigenvalue weighted by molar-refractivity contribution is -0.248. The summed E-state index contributed by atoms with van der Waals surface area (Å²) in [6.07, 6.45) is -11.5. The van der Waals surface area contributed by atoms with Crippen LogP contribution in [0.3, 0.4) is 0 Å². The first-order valence-electron chi connectivity index (χ1n) is 10.8. The normalized spacial score (nSPS) is 21.2. The van der Waals surface area contributed by atoms with E-state index in [0.717, 1.165) is 24.8 Å². The first-order chi connectivity index (χ1) is 16.4. The Bertz CT molecular complexity index is 1160. The number of methoxy groups -OCH3 is 1. The van der Waals surface area contributed by atoms with E-state index in [1.165, 1.54) is 11.7 Å². The highest BCUT2D eigenvalue weighted by Crippen LogP contribution is 2.40. The first kappa shape index (κ1) is 26.2. The number of rotatable bonds is 8. The molecule has 15 heteroatoms. The van der Waals surface area contributed by atoms with E-state index < -0.39 is 54.8 Å². The molecule has 0 aromatic carbocycles. The zero-order valence-corrected chi connectivity index (χ0v) is 19.5. The number of fused-ring (bicyclic) bond motifs is 1. The van der Waals surface area contributed by atoms with Crippen molar-refractivity contribution in [2.45, 2.75) is 77.3 Å². The molecule has 0 amide bonds. The van der Waals surface area contributed by atoms with Crippen LogP contribution < -0.4 is 16.2 Å². The number of unbranched alkanes of at least 4 members (excludes halogenated alkanes) is 1. The van der Waals surface area contributed by atoms with Crippen molar-refractivity contribution < 1.29 is 41.7 Å². The van der Waals surface area contributed by atoms with Crippen molar-refractivity contribution in [2.24, 2.45) is 0 Å². The smallest absolute Gasteiger partial charge is 0.428 e. The molecule has 0 spiro atoms. The first-order valence-corrected chi connectivity index (χ1v) is 10.8. The summed E-state index contributed by atoms with van der Waals surface area (Å²) in [7, 11) is 1.31. The Morgan fingerprint density at radius 2 is 1.94 bits per heavy atom. The van der Waals surface area contributed by atoms with Gasteiger partial charge in [-0.3, -0.25) is 14.2 Å². The van der Waals surface area contributed by atoms with Gasteiger partial charge in [0.2, 0.25) is 17.9 Å². The van der Waals surface area contributed by atoms with Crippen LogP contribution >= 0.6 is 0 Å². The number of nitrogens with zero attached hydrogens (tertiary/aromatic N) is 4. The monoisotopic (exact) mass is 505 g/mol. The third kappa shape index (κ3) is 5.33. The van der Waals surface area contributed by atoms with E-state index in [1.54, 1.807) is 0 Å². The van der Waals surface area contributed by atoms with Crippen LogP contribution in [0.5, 0.6) is 5.88 Å². The highest BCUT2D eigenvalue weighted by molar-refractivity contribution is 5.78. The molecule has 35 heavy (non-hydrogen) atoms. The number of carbonyl (C=O) groups is 2. The largest absolute Gasteiger partial charge is 0.479 e. The number of nitrogen functional groups attached to an aromatic ring is 1. The summed E-state index contributed by atoms with van der Waals surface area (Å²) in [5.41, 5.74) is 5.15. The molecule has 2 aromatic rings. The van der Waals surface area contributed by atoms with Crippen LogP contribution in [0.15, 0.2) is 4.79 Å². The number of alkyl halides is 3. The van der Waals surface area contributed by atoms with Gasteiger partial charge in [-0.15, -0.1) is 0 Å². The predicted octanol–water partition coefficient (Wildman–Crippen LogP) is 1.70. The lowest BCUT2D eigenvalue weighted by atomic mass is 10.1. The lowest BCUT2D eigenvalue weighted by Crippen LogP contribution is -2.43. The SMILES string of the molecule is CCCCn1c(=O)n([C@@H]2O[C@H]([C@@H](OC(C)=O)C(F)(F)F)C[C@H]2OC(C)=O)c2nc(N)nc(OC)c21. The van der Waals surface area contributed by atoms with Gasteiger partial charge in [0.15, 0.2) is 17.4 Å². The van der Waals surface area contributed by atoms with E-state index in [9.17, 15) is 27.6 Å². The van der Waals surface area contributed by atoms with Crippen LogP contribution in [-0.2, 0) is 30.3 Å². The fraction of sp³-hybridized carbons (Fsp3) is 0.650. The maximum absolute atomic E-state index is 13.7. The quantitative estimate of drug-likeness (QED) is 0.525. The second-order valence-corrected chi connectivity index (χ2v) is 7.94. The number of aryl methyl sites for hydroxylation is 1. The highest BCUT2D eigenvalue weighted by Gasteiger charge is 2.54. The van der Waals surface area contributed by atoms with Crippen LogP contribution in [0.4, 0.5) is 19.1 Å². The molecule has 0 bridgehead atoms. The summed E-state index contributed by atoms with van der Waals surface area (Å²) in [6.45, 7) is 4.01. The van der Waals surface area contributed by atoms with Crippen LogP contribution in [0.1, 0.15) is 46.3 Å². The van der Waals surface area contributed by atoms with Crippen molar-refractivity contribution >= 4 is 29.1 Å². The molecule has 0 radical (unpaired) electrons. The molecule has 12 nitrogen and oxygen atoms in total. The van der Waals surface area contributed by atoms with Crippen molar-refractivity contribution in [1.82, 2.24) is 19.1 Å². The van der Waals surface area contributed by atoms with E-state index >= 15 is 0 Å². The molecule has 1 aliphatic heterocycles. The molecule has 194 valence electrons. The van der Waals surface area contributed by atoms with Gasteiger partial charge in [-0.05, 0) is 6.42 Å². The van der Waals surface area contributed by atoms with E-state index in [-0.39, 0.29) is 29.5 Å². The zero-order chi connectivity index (χ0) is 26.1. The molecule has 4 atom stereocenters. The number of hydrogen-bond donors (Lipinski definition) is 1. The van der Waals surface area contributed by atoms with Crippen LogP contribution in [0.25, 0.3) is 11.2 Å². The maximum Gasteiger partial charge on any atom is 0.428 e. The number of aromatic nitrogens is 4. The molecule has 2 aromatic heterocycles. The zero-order valence-electron chi connectivity index (χ0n) is 19.5. The average molecular weight is 505 g/mol. The predicted molar refractivity (Wildman–Crippen MR) is 113 cm³/mol. The number of nitrogens with two attached hydrogens (primary N) is 1. The number of imidazole rings is 1. The molecule has 2 N–H and O–H groups in total. The molecule has 3 heterocycles. The van der Waals surface area contributed by atoms with Gasteiger partial charge in [-0.1, -0.05) is 13.3 Å². The minimum atomic E-state index is -4.98. The van der Waals surface area contributed by atoms with Gasteiger partial charge < -0.3 is 24.7 Å². The van der Waals surface area contributed by atoms with Crippen LogP contribution in [0.2, 0.25) is 0 Å². The Labute approximate surface area is 197 Å². The minimum absolute atomic E-state index is 0.0221. The van der Waals surface area contributed by atoms with Gasteiger partial charge in [0.25, 0.3) is 0 Å². The average Bonchev–Trinajstić information content (AvgIpc) is 3.25. The van der Waals surface area contributed by atoms with Crippen molar-refractivity contribution in [1.29, 1.82) is 0 Å². The van der Waals surface area contributed by atoms with E-state index in [1.807, 2.05) is 6.92 Å².